The van der Waals surface area contributed by atoms with Gasteiger partial charge in [-0.25, -0.2) is 15.1 Å². The van der Waals surface area contributed by atoms with Crippen LogP contribution in [-0.4, -0.2) is 34.0 Å². The summed E-state index contributed by atoms with van der Waals surface area (Å²) in [5.74, 6) is 0.0298. The van der Waals surface area contributed by atoms with Crippen LogP contribution in [0.5, 0.6) is 5.75 Å². The number of alkyl halides is 3. The van der Waals surface area contributed by atoms with Crippen molar-refractivity contribution in [1.29, 1.82) is 0 Å². The Morgan fingerprint density at radius 3 is 2.67 bits per heavy atom. The van der Waals surface area contributed by atoms with Crippen LogP contribution in [0.4, 0.5) is 13.2 Å². The number of hydrazone groups is 1. The standard InChI is InChI=1S/C22H16F3N5O2S/c1-32-16-9-5-6-14(10-16)12-26-28-20(31)17-13-33-21(27-17)30-18(15-7-3-2-4-8-15)11-19(29-30)22(23,24)25/h2-13H,1H3,(H,28,31)/b26-12-. The van der Waals surface area contributed by atoms with Crippen LogP contribution in [0, 0.1) is 0 Å². The molecule has 0 aliphatic heterocycles. The Labute approximate surface area is 190 Å². The monoisotopic (exact) mass is 471 g/mol. The molecule has 7 nitrogen and oxygen atoms in total. The van der Waals surface area contributed by atoms with Crippen LogP contribution < -0.4 is 10.2 Å². The Morgan fingerprint density at radius 2 is 1.94 bits per heavy atom. The van der Waals surface area contributed by atoms with Gasteiger partial charge in [0.25, 0.3) is 5.91 Å². The molecule has 0 radical (unpaired) electrons. The van der Waals surface area contributed by atoms with E-state index in [1.54, 1.807) is 61.7 Å². The van der Waals surface area contributed by atoms with E-state index < -0.39 is 17.8 Å². The molecular formula is C22H16F3N5O2S. The van der Waals surface area contributed by atoms with Crippen molar-refractivity contribution in [3.05, 3.63) is 83.0 Å². The molecule has 0 saturated heterocycles. The number of hydrogen-bond donors (Lipinski definition) is 1. The van der Waals surface area contributed by atoms with Crippen molar-refractivity contribution in [2.24, 2.45) is 5.10 Å². The number of nitrogens with zero attached hydrogens (tertiary/aromatic N) is 4. The molecule has 0 fully saturated rings. The molecule has 11 heteroatoms. The normalized spacial score (nSPS) is 11.6. The fourth-order valence-electron chi connectivity index (χ4n) is 2.89. The SMILES string of the molecule is COc1cccc(/C=N\NC(=O)c2csc(-n3nc(C(F)(F)F)cc3-c3ccccc3)n2)c1. The van der Waals surface area contributed by atoms with Gasteiger partial charge in [-0.3, -0.25) is 4.79 Å². The van der Waals surface area contributed by atoms with Crippen molar-refractivity contribution in [3.63, 3.8) is 0 Å². The quantitative estimate of drug-likeness (QED) is 0.324. The number of benzene rings is 2. The lowest BCUT2D eigenvalue weighted by Gasteiger charge is -2.03. The molecule has 0 spiro atoms. The summed E-state index contributed by atoms with van der Waals surface area (Å²) in [4.78, 5) is 16.6. The molecule has 0 aliphatic rings. The van der Waals surface area contributed by atoms with Crippen LogP contribution in [-0.2, 0) is 6.18 Å². The average Bonchev–Trinajstić information content (AvgIpc) is 3.47. The largest absolute Gasteiger partial charge is 0.497 e. The van der Waals surface area contributed by atoms with Gasteiger partial charge in [0.05, 0.1) is 19.0 Å². The van der Waals surface area contributed by atoms with Crippen molar-refractivity contribution in [1.82, 2.24) is 20.2 Å². The number of halogens is 3. The van der Waals surface area contributed by atoms with Crippen molar-refractivity contribution in [2.75, 3.05) is 7.11 Å². The molecular weight excluding hydrogens is 455 g/mol. The Bertz CT molecular complexity index is 1300. The third kappa shape index (κ3) is 5.09. The first-order valence-corrected chi connectivity index (χ1v) is 10.4. The summed E-state index contributed by atoms with van der Waals surface area (Å²) in [6.07, 6.45) is -3.19. The van der Waals surface area contributed by atoms with E-state index in [1.807, 2.05) is 0 Å². The van der Waals surface area contributed by atoms with Crippen LogP contribution in [0.25, 0.3) is 16.4 Å². The van der Waals surface area contributed by atoms with Crippen molar-refractivity contribution >= 4 is 23.5 Å². The molecule has 0 saturated carbocycles. The average molecular weight is 471 g/mol. The first-order valence-electron chi connectivity index (χ1n) is 9.51. The van der Waals surface area contributed by atoms with E-state index in [-0.39, 0.29) is 16.5 Å². The van der Waals surface area contributed by atoms with E-state index in [0.29, 0.717) is 16.9 Å². The highest BCUT2D eigenvalue weighted by Crippen LogP contribution is 2.33. The highest BCUT2D eigenvalue weighted by Gasteiger charge is 2.35. The zero-order chi connectivity index (χ0) is 23.4. The van der Waals surface area contributed by atoms with E-state index in [9.17, 15) is 18.0 Å². The predicted octanol–water partition coefficient (Wildman–Crippen LogP) is 4.79. The number of amides is 1. The van der Waals surface area contributed by atoms with Gasteiger partial charge in [-0.15, -0.1) is 11.3 Å². The summed E-state index contributed by atoms with van der Waals surface area (Å²) in [6.45, 7) is 0. The molecule has 2 aromatic carbocycles. The molecule has 2 heterocycles. The summed E-state index contributed by atoms with van der Waals surface area (Å²) >= 11 is 0.991. The summed E-state index contributed by atoms with van der Waals surface area (Å²) in [7, 11) is 1.54. The van der Waals surface area contributed by atoms with Crippen molar-refractivity contribution in [2.45, 2.75) is 6.18 Å². The van der Waals surface area contributed by atoms with Gasteiger partial charge in [-0.1, -0.05) is 42.5 Å². The van der Waals surface area contributed by atoms with E-state index in [2.05, 4.69) is 20.6 Å². The van der Waals surface area contributed by atoms with Gasteiger partial charge >= 0.3 is 6.18 Å². The highest BCUT2D eigenvalue weighted by atomic mass is 32.1. The first-order chi connectivity index (χ1) is 15.8. The minimum atomic E-state index is -4.62. The lowest BCUT2D eigenvalue weighted by molar-refractivity contribution is -0.141. The Balaban J connectivity index is 1.57. The lowest BCUT2D eigenvalue weighted by atomic mass is 10.1. The molecule has 0 bridgehead atoms. The maximum absolute atomic E-state index is 13.3. The maximum Gasteiger partial charge on any atom is 0.435 e. The Kier molecular flexibility index (Phi) is 6.22. The number of methoxy groups -OCH3 is 1. The summed E-state index contributed by atoms with van der Waals surface area (Å²) in [5.41, 5.74) is 2.75. The molecule has 2 aromatic heterocycles. The third-order valence-corrected chi connectivity index (χ3v) is 5.26. The van der Waals surface area contributed by atoms with Gasteiger partial charge in [0.1, 0.15) is 11.4 Å². The van der Waals surface area contributed by atoms with Gasteiger partial charge in [0.2, 0.25) is 5.13 Å². The summed E-state index contributed by atoms with van der Waals surface area (Å²) < 4.78 is 46.1. The minimum Gasteiger partial charge on any atom is -0.497 e. The molecule has 33 heavy (non-hydrogen) atoms. The van der Waals surface area contributed by atoms with Crippen molar-refractivity contribution < 1.29 is 22.7 Å². The van der Waals surface area contributed by atoms with Gasteiger partial charge in [-0.05, 0) is 23.8 Å². The minimum absolute atomic E-state index is 0.000799. The third-order valence-electron chi connectivity index (χ3n) is 4.45. The molecule has 1 amide bonds. The number of carbonyl (C=O) groups excluding carboxylic acids is 1. The number of rotatable bonds is 6. The number of aromatic nitrogens is 3. The Hall–Kier alpha value is -3.99. The molecule has 0 atom stereocenters. The molecule has 4 rings (SSSR count). The molecule has 0 unspecified atom stereocenters. The van der Waals surface area contributed by atoms with Crippen LogP contribution in [0.3, 0.4) is 0 Å². The second kappa shape index (κ2) is 9.25. The van der Waals surface area contributed by atoms with Crippen LogP contribution in [0.2, 0.25) is 0 Å². The number of ether oxygens (including phenoxy) is 1. The molecule has 0 aliphatic carbocycles. The smallest absolute Gasteiger partial charge is 0.435 e. The topological polar surface area (TPSA) is 81.4 Å². The van der Waals surface area contributed by atoms with Crippen LogP contribution in [0.15, 0.2) is 71.1 Å². The maximum atomic E-state index is 13.3. The highest BCUT2D eigenvalue weighted by molar-refractivity contribution is 7.12. The van der Waals surface area contributed by atoms with Crippen LogP contribution >= 0.6 is 11.3 Å². The van der Waals surface area contributed by atoms with Gasteiger partial charge < -0.3 is 4.74 Å². The van der Waals surface area contributed by atoms with E-state index in [1.165, 1.54) is 11.6 Å². The van der Waals surface area contributed by atoms with Crippen LogP contribution in [0.1, 0.15) is 21.7 Å². The zero-order valence-corrected chi connectivity index (χ0v) is 17.9. The molecule has 1 N–H and O–H groups in total. The summed E-state index contributed by atoms with van der Waals surface area (Å²) in [5, 5.41) is 9.12. The van der Waals surface area contributed by atoms with E-state index >= 15 is 0 Å². The second-order valence-electron chi connectivity index (χ2n) is 6.68. The van der Waals surface area contributed by atoms with Crippen molar-refractivity contribution in [3.8, 4) is 22.1 Å². The molecule has 4 aromatic rings. The fourth-order valence-corrected chi connectivity index (χ4v) is 3.66. The number of nitrogens with one attached hydrogen (secondary N) is 1. The first kappa shape index (κ1) is 22.2. The zero-order valence-electron chi connectivity index (χ0n) is 17.1. The summed E-state index contributed by atoms with van der Waals surface area (Å²) in [6, 6.07) is 16.5. The van der Waals surface area contributed by atoms with Gasteiger partial charge in [0.15, 0.2) is 5.69 Å². The van der Waals surface area contributed by atoms with E-state index in [4.69, 9.17) is 4.74 Å². The Morgan fingerprint density at radius 1 is 1.15 bits per heavy atom. The fraction of sp³-hybridized carbons (Fsp3) is 0.0909. The number of carbonyl (C=O) groups is 1. The predicted molar refractivity (Wildman–Crippen MR) is 118 cm³/mol. The molecule has 168 valence electrons. The van der Waals surface area contributed by atoms with Gasteiger partial charge in [0, 0.05) is 10.9 Å². The van der Waals surface area contributed by atoms with Gasteiger partial charge in [-0.2, -0.15) is 23.4 Å². The number of thiazole rings is 1. The van der Waals surface area contributed by atoms with E-state index in [0.717, 1.165) is 22.1 Å². The lowest BCUT2D eigenvalue weighted by Crippen LogP contribution is -2.18. The second-order valence-corrected chi connectivity index (χ2v) is 7.52. The number of hydrogen-bond acceptors (Lipinski definition) is 6.